The van der Waals surface area contributed by atoms with Crippen molar-refractivity contribution in [1.29, 1.82) is 0 Å². The molecule has 1 aliphatic rings. The first-order chi connectivity index (χ1) is 13.7. The van der Waals surface area contributed by atoms with Crippen LogP contribution in [0.25, 0.3) is 11.3 Å². The van der Waals surface area contributed by atoms with E-state index in [0.717, 1.165) is 35.6 Å². The van der Waals surface area contributed by atoms with Gasteiger partial charge < -0.3 is 10.2 Å². The highest BCUT2D eigenvalue weighted by molar-refractivity contribution is 5.94. The second-order valence-corrected chi connectivity index (χ2v) is 7.47. The molecule has 1 amide bonds. The van der Waals surface area contributed by atoms with Crippen LogP contribution in [0.3, 0.4) is 0 Å². The number of aromatic nitrogens is 2. The van der Waals surface area contributed by atoms with E-state index in [1.165, 1.54) is 18.4 Å². The molecule has 144 valence electrons. The highest BCUT2D eigenvalue weighted by Crippen LogP contribution is 2.24. The molecule has 0 saturated carbocycles. The van der Waals surface area contributed by atoms with E-state index in [0.29, 0.717) is 12.5 Å². The first-order valence-electron chi connectivity index (χ1n) is 9.86. The Labute approximate surface area is 165 Å². The molecule has 1 saturated heterocycles. The van der Waals surface area contributed by atoms with Crippen LogP contribution in [0.5, 0.6) is 0 Å². The molecule has 5 nitrogen and oxygen atoms in total. The fourth-order valence-corrected chi connectivity index (χ4v) is 3.81. The minimum atomic E-state index is 0.0291. The van der Waals surface area contributed by atoms with E-state index in [4.69, 9.17) is 0 Å². The van der Waals surface area contributed by atoms with Gasteiger partial charge in [0.25, 0.3) is 5.91 Å². The van der Waals surface area contributed by atoms with Gasteiger partial charge >= 0.3 is 0 Å². The van der Waals surface area contributed by atoms with E-state index in [9.17, 15) is 4.79 Å². The second-order valence-electron chi connectivity index (χ2n) is 7.47. The predicted molar refractivity (Wildman–Crippen MR) is 111 cm³/mol. The molecular formula is C23H26N4O. The molecule has 2 N–H and O–H groups in total. The van der Waals surface area contributed by atoms with Crippen molar-refractivity contribution in [1.82, 2.24) is 20.4 Å². The van der Waals surface area contributed by atoms with Crippen LogP contribution in [0.2, 0.25) is 0 Å². The van der Waals surface area contributed by atoms with E-state index in [1.807, 2.05) is 55.6 Å². The van der Waals surface area contributed by atoms with Gasteiger partial charge in [0.2, 0.25) is 0 Å². The van der Waals surface area contributed by atoms with Crippen LogP contribution in [0.4, 0.5) is 0 Å². The van der Waals surface area contributed by atoms with Crippen LogP contribution in [-0.2, 0) is 6.54 Å². The predicted octanol–water partition coefficient (Wildman–Crippen LogP) is 3.82. The number of amides is 1. The number of rotatable bonds is 5. The molecular weight excluding hydrogens is 348 g/mol. The zero-order chi connectivity index (χ0) is 19.3. The van der Waals surface area contributed by atoms with Crippen molar-refractivity contribution in [3.05, 3.63) is 77.5 Å². The first kappa shape index (κ1) is 18.4. The third-order valence-corrected chi connectivity index (χ3v) is 5.36. The quantitative estimate of drug-likeness (QED) is 0.714. The zero-order valence-electron chi connectivity index (χ0n) is 16.2. The fraction of sp³-hybridized carbons (Fsp3) is 0.304. The van der Waals surface area contributed by atoms with Crippen LogP contribution in [-0.4, -0.2) is 41.1 Å². The molecule has 0 spiro atoms. The van der Waals surface area contributed by atoms with Crippen LogP contribution in [0.1, 0.15) is 40.4 Å². The van der Waals surface area contributed by atoms with Gasteiger partial charge in [-0.05, 0) is 49.1 Å². The number of hydrogen-bond acceptors (Lipinski definition) is 3. The molecule has 2 aromatic carbocycles. The van der Waals surface area contributed by atoms with E-state index < -0.39 is 0 Å². The largest absolute Gasteiger partial charge is 0.336 e. The van der Waals surface area contributed by atoms with Gasteiger partial charge in [0.15, 0.2) is 0 Å². The number of nitrogens with one attached hydrogen (secondary N) is 2. The molecule has 4 rings (SSSR count). The molecule has 1 atom stereocenters. The summed E-state index contributed by atoms with van der Waals surface area (Å²) in [6, 6.07) is 20.1. The molecule has 2 heterocycles. The van der Waals surface area contributed by atoms with E-state index in [1.54, 1.807) is 4.90 Å². The number of hydrogen-bond donors (Lipinski definition) is 2. The summed E-state index contributed by atoms with van der Waals surface area (Å²) in [5.74, 6) is 0.523. The van der Waals surface area contributed by atoms with Gasteiger partial charge in [-0.15, -0.1) is 0 Å². The number of nitrogens with zero attached hydrogens (tertiary/aromatic N) is 2. The standard InChI is InChI=1S/C23H26N4O/c1-27(16-21-14-22(26-25-21)17-7-3-2-4-8-17)23(28)19-10-5-9-18(13-19)20-11-6-12-24-15-20/h2-5,7-10,13-14,20,24H,6,11-12,15-16H2,1H3,(H,25,26). The highest BCUT2D eigenvalue weighted by Gasteiger charge is 2.18. The van der Waals surface area contributed by atoms with Crippen molar-refractivity contribution in [3.8, 4) is 11.3 Å². The number of carbonyl (C=O) groups excluding carboxylic acids is 1. The Morgan fingerprint density at radius 1 is 1.14 bits per heavy atom. The average molecular weight is 374 g/mol. The maximum absolute atomic E-state index is 12.9. The molecule has 1 aromatic heterocycles. The number of aromatic amines is 1. The monoisotopic (exact) mass is 374 g/mol. The summed E-state index contributed by atoms with van der Waals surface area (Å²) in [5, 5.41) is 10.9. The summed E-state index contributed by atoms with van der Waals surface area (Å²) < 4.78 is 0. The Morgan fingerprint density at radius 3 is 2.79 bits per heavy atom. The Bertz CT molecular complexity index is 929. The lowest BCUT2D eigenvalue weighted by molar-refractivity contribution is 0.0783. The fourth-order valence-electron chi connectivity index (χ4n) is 3.81. The molecule has 1 unspecified atom stereocenters. The molecule has 5 heteroatoms. The van der Waals surface area contributed by atoms with Gasteiger partial charge in [-0.2, -0.15) is 5.10 Å². The van der Waals surface area contributed by atoms with Crippen molar-refractivity contribution in [3.63, 3.8) is 0 Å². The molecule has 1 aliphatic heterocycles. The number of piperidine rings is 1. The molecule has 1 fully saturated rings. The third-order valence-electron chi connectivity index (χ3n) is 5.36. The average Bonchev–Trinajstić information content (AvgIpc) is 3.23. The van der Waals surface area contributed by atoms with Gasteiger partial charge in [-0.1, -0.05) is 42.5 Å². The Kier molecular flexibility index (Phi) is 5.53. The van der Waals surface area contributed by atoms with Crippen LogP contribution in [0, 0.1) is 0 Å². The lowest BCUT2D eigenvalue weighted by Gasteiger charge is -2.24. The molecule has 0 bridgehead atoms. The summed E-state index contributed by atoms with van der Waals surface area (Å²) in [6.07, 6.45) is 2.36. The van der Waals surface area contributed by atoms with Crippen molar-refractivity contribution in [2.24, 2.45) is 0 Å². The smallest absolute Gasteiger partial charge is 0.253 e. The van der Waals surface area contributed by atoms with Gasteiger partial charge in [-0.25, -0.2) is 0 Å². The van der Waals surface area contributed by atoms with Gasteiger partial charge in [0.1, 0.15) is 0 Å². The minimum Gasteiger partial charge on any atom is -0.336 e. The summed E-state index contributed by atoms with van der Waals surface area (Å²) in [7, 11) is 1.83. The molecule has 28 heavy (non-hydrogen) atoms. The van der Waals surface area contributed by atoms with E-state index in [-0.39, 0.29) is 5.91 Å². The third kappa shape index (κ3) is 4.15. The SMILES string of the molecule is CN(Cc1cc(-c2ccccc2)n[nH]1)C(=O)c1cccc(C2CCCNC2)c1. The minimum absolute atomic E-state index is 0.0291. The van der Waals surface area contributed by atoms with Crippen LogP contribution in [0.15, 0.2) is 60.7 Å². The normalized spacial score (nSPS) is 16.7. The topological polar surface area (TPSA) is 61.0 Å². The van der Waals surface area contributed by atoms with E-state index >= 15 is 0 Å². The zero-order valence-corrected chi connectivity index (χ0v) is 16.2. The van der Waals surface area contributed by atoms with E-state index in [2.05, 4.69) is 27.6 Å². The second kappa shape index (κ2) is 8.40. The van der Waals surface area contributed by atoms with Crippen molar-refractivity contribution < 1.29 is 4.79 Å². The molecule has 0 aliphatic carbocycles. The van der Waals surface area contributed by atoms with Crippen molar-refractivity contribution >= 4 is 5.91 Å². The van der Waals surface area contributed by atoms with Crippen LogP contribution < -0.4 is 5.32 Å². The lowest BCUT2D eigenvalue weighted by Crippen LogP contribution is -2.29. The lowest BCUT2D eigenvalue weighted by atomic mass is 9.90. The van der Waals surface area contributed by atoms with Crippen LogP contribution >= 0.6 is 0 Å². The van der Waals surface area contributed by atoms with Crippen molar-refractivity contribution in [2.75, 3.05) is 20.1 Å². The summed E-state index contributed by atoms with van der Waals surface area (Å²) in [4.78, 5) is 14.7. The van der Waals surface area contributed by atoms with Crippen molar-refractivity contribution in [2.45, 2.75) is 25.3 Å². The number of benzene rings is 2. The van der Waals surface area contributed by atoms with Gasteiger partial charge in [0.05, 0.1) is 17.9 Å². The number of H-pyrrole nitrogens is 1. The Morgan fingerprint density at radius 2 is 2.00 bits per heavy atom. The Hall–Kier alpha value is -2.92. The van der Waals surface area contributed by atoms with Gasteiger partial charge in [0, 0.05) is 24.7 Å². The Balaban J connectivity index is 1.44. The molecule has 0 radical (unpaired) electrons. The number of carbonyl (C=O) groups is 1. The van der Waals surface area contributed by atoms with Gasteiger partial charge in [-0.3, -0.25) is 9.89 Å². The first-order valence-corrected chi connectivity index (χ1v) is 9.86. The molecule has 3 aromatic rings. The summed E-state index contributed by atoms with van der Waals surface area (Å²) in [6.45, 7) is 2.57. The maximum atomic E-state index is 12.9. The highest BCUT2D eigenvalue weighted by atomic mass is 16.2. The summed E-state index contributed by atoms with van der Waals surface area (Å²) >= 11 is 0. The summed E-state index contributed by atoms with van der Waals surface area (Å²) in [5.41, 5.74) is 4.87. The maximum Gasteiger partial charge on any atom is 0.253 e.